The van der Waals surface area contributed by atoms with Crippen molar-refractivity contribution < 1.29 is 62.4 Å². The van der Waals surface area contributed by atoms with Crippen LogP contribution in [0, 0.1) is 0 Å². The molecule has 0 saturated heterocycles. The number of rotatable bonds is 27. The molecule has 0 saturated carbocycles. The zero-order chi connectivity index (χ0) is 76.9. The topological polar surface area (TPSA) is 335 Å². The number of carboxylic acids is 1. The van der Waals surface area contributed by atoms with Gasteiger partial charge in [-0.2, -0.15) is 0 Å². The van der Waals surface area contributed by atoms with E-state index in [9.17, 15) is 38.4 Å². The molecule has 0 bridgehead atoms. The van der Waals surface area contributed by atoms with Gasteiger partial charge < -0.3 is 60.2 Å². The average molecular weight is 1530 g/mol. The summed E-state index contributed by atoms with van der Waals surface area (Å²) in [6.45, 7) is 9.65. The Morgan fingerprint density at radius 2 is 1.18 bits per heavy atom. The van der Waals surface area contributed by atoms with Gasteiger partial charge in [0.15, 0.2) is 28.8 Å². The zero-order valence-corrected chi connectivity index (χ0v) is 64.2. The highest BCUT2D eigenvalue weighted by molar-refractivity contribution is 8.77. The van der Waals surface area contributed by atoms with E-state index < -0.39 is 11.9 Å². The molecule has 8 heterocycles. The van der Waals surface area contributed by atoms with Crippen molar-refractivity contribution in [2.24, 2.45) is 24.1 Å². The molecule has 6 amide bonds. The highest BCUT2D eigenvalue weighted by atomic mass is 33.1. The van der Waals surface area contributed by atoms with Gasteiger partial charge in [0.1, 0.15) is 22.8 Å². The number of fused-ring (bicyclic) bond motifs is 8. The molecule has 107 heavy (non-hydrogen) atoms. The first-order valence-electron chi connectivity index (χ1n) is 34.2. The summed E-state index contributed by atoms with van der Waals surface area (Å²) in [6, 6.07) is 31.8. The van der Waals surface area contributed by atoms with E-state index in [1.165, 1.54) is 32.7 Å². The molecular weight excluding hydrogens is 1440 g/mol. The fraction of sp³-hybridized carbons (Fsp3) is 0.325. The number of methoxy groups -OCH3 is 2. The van der Waals surface area contributed by atoms with Gasteiger partial charge in [-0.3, -0.25) is 63.1 Å². The number of ketones is 1. The number of hydrogen-bond acceptors (Lipinski definition) is 20. The largest absolute Gasteiger partial charge is 0.493 e. The lowest BCUT2D eigenvalue weighted by Crippen LogP contribution is -2.41. The second-order valence-corrected chi connectivity index (χ2v) is 33.3. The highest BCUT2D eigenvalue weighted by Gasteiger charge is 2.39. The van der Waals surface area contributed by atoms with Gasteiger partial charge in [-0.1, -0.05) is 69.2 Å². The number of para-hydroxylation sites is 2. The zero-order valence-electron chi connectivity index (χ0n) is 60.9. The molecule has 0 radical (unpaired) electrons. The maximum atomic E-state index is 13.6. The third kappa shape index (κ3) is 19.7. The van der Waals surface area contributed by atoms with Crippen molar-refractivity contribution >= 4 is 142 Å². The number of aliphatic carboxylic acids is 1. The minimum atomic E-state index is -0.867. The maximum Gasteiger partial charge on any atom is 0.303 e. The van der Waals surface area contributed by atoms with E-state index in [1.807, 2.05) is 74.9 Å². The summed E-state index contributed by atoms with van der Waals surface area (Å²) in [6.07, 6.45) is 16.5. The van der Waals surface area contributed by atoms with Crippen LogP contribution in [0.3, 0.4) is 0 Å². The van der Waals surface area contributed by atoms with Crippen LogP contribution in [0.2, 0.25) is 0 Å². The summed E-state index contributed by atoms with van der Waals surface area (Å²) < 4.78 is 25.7. The molecule has 12 rings (SSSR count). The van der Waals surface area contributed by atoms with Gasteiger partial charge in [0.25, 0.3) is 29.5 Å². The minimum absolute atomic E-state index is 0.0277. The third-order valence-electron chi connectivity index (χ3n) is 17.8. The van der Waals surface area contributed by atoms with Gasteiger partial charge >= 0.3 is 5.97 Å². The highest BCUT2D eigenvalue weighted by Crippen LogP contribution is 2.43. The average Bonchev–Trinajstić information content (AvgIpc) is 1.62. The Labute approximate surface area is 635 Å². The molecule has 1 unspecified atom stereocenters. The van der Waals surface area contributed by atoms with Crippen molar-refractivity contribution in [2.45, 2.75) is 94.2 Å². The Bertz CT molecular complexity index is 4770. The lowest BCUT2D eigenvalue weighted by molar-refractivity contribution is -0.137. The van der Waals surface area contributed by atoms with Crippen molar-refractivity contribution in [1.29, 1.82) is 0 Å². The number of aromatic nitrogens is 4. The van der Waals surface area contributed by atoms with E-state index in [2.05, 4.69) is 55.1 Å². The summed E-state index contributed by atoms with van der Waals surface area (Å²) in [4.78, 5) is 122. The monoisotopic (exact) mass is 1530 g/mol. The second-order valence-electron chi connectivity index (χ2n) is 26.7. The molecule has 4 aliphatic rings. The SMILES string of the molecule is COc1cc2c(cc1OCCCC(=O)Nc1ccc(C(=O)Nc3cc(C(=O)NCC(C)(C)S(C)=S)n(C)c3)nc1)N=C[C@@H]1Cc3ccccc3N1C2=O.COc1cc2c(cc1OCCCC(=O)O)N=C[C@@H]1Cc3ccccc3N1C2=O.CSSC(C)(C)CNC(=O)c1cc(CC(=O)c2ccc(N)cn2)cn1C. The van der Waals surface area contributed by atoms with E-state index >= 15 is 0 Å². The minimum Gasteiger partial charge on any atom is -0.493 e. The lowest BCUT2D eigenvalue weighted by atomic mass is 10.1. The fourth-order valence-corrected chi connectivity index (χ4v) is 14.6. The van der Waals surface area contributed by atoms with Crippen LogP contribution >= 0.6 is 21.6 Å². The number of nitrogens with zero attached hydrogens (tertiary/aromatic N) is 8. The molecule has 4 aromatic carbocycles. The van der Waals surface area contributed by atoms with E-state index in [0.29, 0.717) is 112 Å². The number of carboxylic acid groups (broad SMARTS) is 1. The number of pyridine rings is 2. The number of nitrogen functional groups attached to an aromatic ring is 1. The normalized spacial score (nSPS) is 14.6. The molecule has 4 aromatic heterocycles. The molecule has 0 aliphatic carbocycles. The van der Waals surface area contributed by atoms with Gasteiger partial charge in [0.05, 0.1) is 91.5 Å². The lowest BCUT2D eigenvalue weighted by Gasteiger charge is -2.24. The van der Waals surface area contributed by atoms with Crippen LogP contribution in [0.4, 0.5) is 39.8 Å². The first kappa shape index (κ1) is 78.9. The smallest absolute Gasteiger partial charge is 0.303 e. The van der Waals surface area contributed by atoms with Crippen molar-refractivity contribution in [3.05, 3.63) is 185 Å². The number of aryl methyl sites for hydroxylation is 2. The van der Waals surface area contributed by atoms with Crippen LogP contribution < -0.4 is 55.7 Å². The predicted octanol–water partition coefficient (Wildman–Crippen LogP) is 11.2. The number of nitrogens with two attached hydrogens (primary N) is 1. The molecule has 7 N–H and O–H groups in total. The number of benzene rings is 4. The second kappa shape index (κ2) is 35.1. The van der Waals surface area contributed by atoms with Crippen LogP contribution in [0.15, 0.2) is 144 Å². The fourth-order valence-electron chi connectivity index (χ4n) is 12.0. The summed E-state index contributed by atoms with van der Waals surface area (Å²) in [5.74, 6) is -0.695. The van der Waals surface area contributed by atoms with E-state index in [1.54, 1.807) is 134 Å². The van der Waals surface area contributed by atoms with Crippen LogP contribution in [-0.4, -0.2) is 158 Å². The number of hydrogen-bond donors (Lipinski definition) is 6. The molecular formula is C77H85N13O13S4. The summed E-state index contributed by atoms with van der Waals surface area (Å²) >= 11 is 5.39. The van der Waals surface area contributed by atoms with Crippen molar-refractivity contribution in [3.8, 4) is 23.0 Å². The number of nitrogens with one attached hydrogen (secondary N) is 4. The third-order valence-corrected chi connectivity index (χ3v) is 23.5. The van der Waals surface area contributed by atoms with Crippen molar-refractivity contribution in [1.82, 2.24) is 29.7 Å². The molecule has 26 nitrogen and oxygen atoms in total. The number of carbonyl (C=O) groups is 8. The van der Waals surface area contributed by atoms with Crippen LogP contribution in [0.5, 0.6) is 23.0 Å². The van der Waals surface area contributed by atoms with Gasteiger partial charge in [-0.05, 0) is 130 Å². The number of amides is 6. The molecule has 4 aliphatic heterocycles. The molecule has 560 valence electrons. The molecule has 0 spiro atoms. The number of aliphatic imine (C=N–C) groups is 2. The number of ether oxygens (including phenoxy) is 4. The Morgan fingerprint density at radius 3 is 1.70 bits per heavy atom. The van der Waals surface area contributed by atoms with Gasteiger partial charge in [-0.15, -0.1) is 9.45 Å². The van der Waals surface area contributed by atoms with E-state index in [0.717, 1.165) is 34.5 Å². The Morgan fingerprint density at radius 1 is 0.645 bits per heavy atom. The summed E-state index contributed by atoms with van der Waals surface area (Å²) in [7, 11) is 9.64. The molecule has 30 heteroatoms. The standard InChI is InChI=1S/C38H41N7O6S2.C21H20N2O5.C18H24N4O2S2/c1-38(2,53(5)52)22-41-36(48)31-16-25(21-44(31)3)43-35(47)28-13-12-24(19-39-28)42-34(46)11-8-14-51-33-18-29-27(17-32(33)50-4)37(49)45-26(20-40-29)15-23-9-6-7-10-30(23)45;1-27-18-10-15-16(11-19(18)28-8-4-7-20(24)25)22-12-14-9-13-5-2-3-6-17(13)23(14)21(15)26;1-18(2,26-25-4)11-21-17(24)15-7-12(10-22(15)3)8-16(23)14-6-5-13(19)9-20-14/h6-7,9-10,12-13,16-21,26H,8,11,14-15,22H2,1-5H3,(H,41,48)(H,42,46)(H,43,47);2-3,5-6,10-12,14H,4,7-9H2,1H3,(H,24,25);5-7,9-10H,8,11,19H2,1-4H3,(H,21,24)/t26-,53?;14-;/m00./s1. The molecule has 3 atom stereocenters. The Kier molecular flexibility index (Phi) is 25.9. The first-order valence-corrected chi connectivity index (χ1v) is 39.3. The van der Waals surface area contributed by atoms with Crippen LogP contribution in [0.25, 0.3) is 0 Å². The van der Waals surface area contributed by atoms with Gasteiger partial charge in [0.2, 0.25) is 5.91 Å². The number of anilines is 5. The van der Waals surface area contributed by atoms with E-state index in [4.69, 9.17) is 41.0 Å². The van der Waals surface area contributed by atoms with Crippen LogP contribution in [-0.2, 0) is 63.6 Å². The molecule has 8 aromatic rings. The van der Waals surface area contributed by atoms with Crippen molar-refractivity contribution in [3.63, 3.8) is 0 Å². The van der Waals surface area contributed by atoms with Crippen LogP contribution in [0.1, 0.15) is 133 Å². The van der Waals surface area contributed by atoms with Gasteiger partial charge in [-0.25, -0.2) is 4.98 Å². The quantitative estimate of drug-likeness (QED) is 0.0158. The summed E-state index contributed by atoms with van der Waals surface area (Å²) in [5, 5.41) is 20.2. The maximum absolute atomic E-state index is 13.6. The van der Waals surface area contributed by atoms with Gasteiger partial charge in [0, 0.05) is 117 Å². The number of carbonyl (C=O) groups excluding carboxylic acids is 7. The Balaban J connectivity index is 0.000000190. The molecule has 0 fully saturated rings. The number of Topliss-reactive ketones (excluding diaryl/α,β-unsaturated/α-hetero) is 1. The van der Waals surface area contributed by atoms with E-state index in [-0.39, 0.29) is 105 Å². The Hall–Kier alpha value is -10.7. The summed E-state index contributed by atoms with van der Waals surface area (Å²) in [5.41, 5.74) is 15.1. The predicted molar refractivity (Wildman–Crippen MR) is 424 cm³/mol. The first-order chi connectivity index (χ1) is 51.1. The van der Waals surface area contributed by atoms with Crippen molar-refractivity contribution in [2.75, 3.05) is 79.2 Å².